The second-order valence-corrected chi connectivity index (χ2v) is 2.69. The number of aliphatic carboxylic acids is 1. The molecule has 1 unspecified atom stereocenters. The van der Waals surface area contributed by atoms with Crippen LogP contribution in [0.3, 0.4) is 0 Å². The van der Waals surface area contributed by atoms with Crippen LogP contribution in [0.1, 0.15) is 6.42 Å². The van der Waals surface area contributed by atoms with Gasteiger partial charge in [0.1, 0.15) is 0 Å². The van der Waals surface area contributed by atoms with Gasteiger partial charge in [0.15, 0.2) is 0 Å². The molecular weight excluding hydrogens is 202 g/mol. The zero-order valence-corrected chi connectivity index (χ0v) is 7.35. The van der Waals surface area contributed by atoms with E-state index in [4.69, 9.17) is 5.73 Å². The van der Waals surface area contributed by atoms with Gasteiger partial charge >= 0.3 is 17.1 Å². The Hall–Kier alpha value is 0.299. The number of carbonyl (C=O) groups is 1. The third kappa shape index (κ3) is 6.42. The Labute approximate surface area is 75.2 Å². The summed E-state index contributed by atoms with van der Waals surface area (Å²) in [4.78, 5) is 9.96. The minimum absolute atomic E-state index is 0. The van der Waals surface area contributed by atoms with E-state index in [1.54, 1.807) is 11.8 Å². The van der Waals surface area contributed by atoms with Gasteiger partial charge in [-0.1, -0.05) is 0 Å². The normalized spacial score (nSPS) is 11.8. The molecule has 0 bridgehead atoms. The molecule has 0 rings (SSSR count). The molecule has 1 atom stereocenters. The Bertz CT molecular complexity index is 102. The average molecular weight is 212 g/mol. The smallest absolute Gasteiger partial charge is 0.548 e. The molecule has 0 aliphatic rings. The third-order valence-electron chi connectivity index (χ3n) is 0.936. The van der Waals surface area contributed by atoms with Crippen molar-refractivity contribution in [3.05, 3.63) is 0 Å². The molecule has 5 heteroatoms. The fourth-order valence-corrected chi connectivity index (χ4v) is 0.852. The Morgan fingerprint density at radius 1 is 1.80 bits per heavy atom. The molecule has 0 radical (unpaired) electrons. The number of nitrogens with two attached hydrogens (primary N) is 1. The maximum Gasteiger partial charge on any atom is 1.00 e. The van der Waals surface area contributed by atoms with Crippen molar-refractivity contribution in [1.29, 1.82) is 0 Å². The van der Waals surface area contributed by atoms with Crippen molar-refractivity contribution in [2.45, 2.75) is 12.5 Å². The maximum absolute atomic E-state index is 9.96. The van der Waals surface area contributed by atoms with E-state index in [2.05, 4.69) is 0 Å². The van der Waals surface area contributed by atoms with Crippen molar-refractivity contribution >= 4 is 17.7 Å². The standard InChI is InChI=1S/C5H11NO2S.Cu/c1-9-3-2-4(6)5(7)8;/h4H,2-3,6H2,1H3,(H,7,8);/q;+1/p-1. The summed E-state index contributed by atoms with van der Waals surface area (Å²) in [6.45, 7) is 0. The van der Waals surface area contributed by atoms with E-state index in [-0.39, 0.29) is 17.1 Å². The van der Waals surface area contributed by atoms with Gasteiger partial charge in [-0.3, -0.25) is 0 Å². The first kappa shape index (κ1) is 12.9. The molecule has 0 heterocycles. The third-order valence-corrected chi connectivity index (χ3v) is 1.58. The number of hydrogen-bond acceptors (Lipinski definition) is 4. The largest absolute Gasteiger partial charge is 1.00 e. The van der Waals surface area contributed by atoms with Crippen LogP contribution in [0.5, 0.6) is 0 Å². The molecule has 3 nitrogen and oxygen atoms in total. The second-order valence-electron chi connectivity index (χ2n) is 1.71. The molecule has 0 aromatic heterocycles. The minimum atomic E-state index is -1.16. The van der Waals surface area contributed by atoms with Crippen molar-refractivity contribution < 1.29 is 27.0 Å². The number of rotatable bonds is 4. The van der Waals surface area contributed by atoms with Crippen LogP contribution in [-0.4, -0.2) is 24.0 Å². The average Bonchev–Trinajstić information content (AvgIpc) is 1.82. The number of hydrogen-bond donors (Lipinski definition) is 1. The summed E-state index contributed by atoms with van der Waals surface area (Å²) in [5.74, 6) is -0.390. The van der Waals surface area contributed by atoms with Gasteiger partial charge in [0.25, 0.3) is 0 Å². The van der Waals surface area contributed by atoms with Crippen LogP contribution < -0.4 is 10.8 Å². The van der Waals surface area contributed by atoms with E-state index >= 15 is 0 Å². The summed E-state index contributed by atoms with van der Waals surface area (Å²) < 4.78 is 0. The van der Waals surface area contributed by atoms with Gasteiger partial charge in [-0.15, -0.1) is 0 Å². The summed E-state index contributed by atoms with van der Waals surface area (Å²) in [5.41, 5.74) is 5.13. The van der Waals surface area contributed by atoms with Gasteiger partial charge in [-0.25, -0.2) is 0 Å². The van der Waals surface area contributed by atoms with Crippen LogP contribution in [-0.2, 0) is 21.9 Å². The maximum atomic E-state index is 9.96. The predicted octanol–water partition coefficient (Wildman–Crippen LogP) is -1.19. The molecule has 0 aliphatic heterocycles. The number of carboxylic acids is 1. The summed E-state index contributed by atoms with van der Waals surface area (Å²) in [6.07, 6.45) is 2.39. The van der Waals surface area contributed by atoms with Gasteiger partial charge in [0.2, 0.25) is 0 Å². The van der Waals surface area contributed by atoms with Gasteiger partial charge in [-0.05, 0) is 18.4 Å². The van der Waals surface area contributed by atoms with Crippen molar-refractivity contribution in [3.63, 3.8) is 0 Å². The molecule has 0 fully saturated rings. The zero-order valence-electron chi connectivity index (χ0n) is 5.60. The first-order valence-corrected chi connectivity index (χ1v) is 4.03. The molecule has 0 amide bonds. The van der Waals surface area contributed by atoms with Gasteiger partial charge in [0, 0.05) is 6.04 Å². The molecule has 10 heavy (non-hydrogen) atoms. The molecule has 0 aromatic rings. The van der Waals surface area contributed by atoms with E-state index in [1.807, 2.05) is 6.26 Å². The van der Waals surface area contributed by atoms with Crippen molar-refractivity contribution in [2.75, 3.05) is 12.0 Å². The van der Waals surface area contributed by atoms with Crippen molar-refractivity contribution in [2.24, 2.45) is 5.73 Å². The van der Waals surface area contributed by atoms with Crippen LogP contribution >= 0.6 is 11.8 Å². The molecule has 0 spiro atoms. The molecule has 0 aromatic carbocycles. The van der Waals surface area contributed by atoms with E-state index < -0.39 is 12.0 Å². The molecule has 64 valence electrons. The second kappa shape index (κ2) is 7.41. The minimum Gasteiger partial charge on any atom is -0.548 e. The molecule has 0 saturated carbocycles. The van der Waals surface area contributed by atoms with E-state index in [0.717, 1.165) is 5.75 Å². The van der Waals surface area contributed by atoms with Crippen LogP contribution in [0, 0.1) is 0 Å². The fraction of sp³-hybridized carbons (Fsp3) is 0.800. The van der Waals surface area contributed by atoms with Crippen LogP contribution in [0.25, 0.3) is 0 Å². The van der Waals surface area contributed by atoms with Crippen LogP contribution in [0.4, 0.5) is 0 Å². The summed E-state index contributed by atoms with van der Waals surface area (Å²) in [7, 11) is 0. The van der Waals surface area contributed by atoms with E-state index in [9.17, 15) is 9.90 Å². The van der Waals surface area contributed by atoms with Crippen molar-refractivity contribution in [1.82, 2.24) is 0 Å². The van der Waals surface area contributed by atoms with Crippen molar-refractivity contribution in [3.8, 4) is 0 Å². The van der Waals surface area contributed by atoms with Gasteiger partial charge < -0.3 is 15.6 Å². The quantitative estimate of drug-likeness (QED) is 0.595. The molecular formula is C5H10CuNO2S. The number of thioether (sulfide) groups is 1. The summed E-state index contributed by atoms with van der Waals surface area (Å²) in [5, 5.41) is 9.96. The van der Waals surface area contributed by atoms with Gasteiger partial charge in [0.05, 0.1) is 5.97 Å². The van der Waals surface area contributed by atoms with Crippen LogP contribution in [0.15, 0.2) is 0 Å². The predicted molar refractivity (Wildman–Crippen MR) is 36.0 cm³/mol. The van der Waals surface area contributed by atoms with Crippen LogP contribution in [0.2, 0.25) is 0 Å². The van der Waals surface area contributed by atoms with E-state index in [1.165, 1.54) is 0 Å². The fourth-order valence-electron chi connectivity index (χ4n) is 0.363. The summed E-state index contributed by atoms with van der Waals surface area (Å²) in [6, 6.07) is -0.794. The Morgan fingerprint density at radius 2 is 2.30 bits per heavy atom. The number of carbonyl (C=O) groups excluding carboxylic acids is 1. The first-order valence-electron chi connectivity index (χ1n) is 2.64. The Morgan fingerprint density at radius 3 is 2.60 bits per heavy atom. The number of carboxylic acid groups (broad SMARTS) is 1. The Balaban J connectivity index is 0. The SMILES string of the molecule is CSCCC(N)C(=O)[O-].[Cu+]. The Kier molecular flexibility index (Phi) is 9.58. The molecule has 0 saturated heterocycles. The van der Waals surface area contributed by atoms with Gasteiger partial charge in [-0.2, -0.15) is 11.8 Å². The molecule has 0 aliphatic carbocycles. The van der Waals surface area contributed by atoms with E-state index in [0.29, 0.717) is 6.42 Å². The summed E-state index contributed by atoms with van der Waals surface area (Å²) >= 11 is 1.58. The monoisotopic (exact) mass is 211 g/mol. The molecule has 2 N–H and O–H groups in total. The topological polar surface area (TPSA) is 66.2 Å². The zero-order chi connectivity index (χ0) is 7.28. The first-order chi connectivity index (χ1) is 4.18.